The Kier molecular flexibility index (Phi) is 2.07. The van der Waals surface area contributed by atoms with Crippen LogP contribution in [0.4, 0.5) is 0 Å². The van der Waals surface area contributed by atoms with Crippen molar-refractivity contribution in [2.45, 2.75) is 19.4 Å². The summed E-state index contributed by atoms with van der Waals surface area (Å²) < 4.78 is 5.31. The van der Waals surface area contributed by atoms with Crippen molar-refractivity contribution in [1.82, 2.24) is 4.98 Å². The van der Waals surface area contributed by atoms with E-state index in [1.165, 1.54) is 16.5 Å². The maximum absolute atomic E-state index is 5.31. The van der Waals surface area contributed by atoms with Crippen LogP contribution in [0.15, 0.2) is 11.1 Å². The Bertz CT molecular complexity index is 605. The van der Waals surface area contributed by atoms with Crippen LogP contribution in [0.5, 0.6) is 0 Å². The molecule has 2 heterocycles. The molecule has 0 radical (unpaired) electrons. The number of fused-ring (bicyclic) bond motifs is 3. The number of aliphatic imine (C=N–C) groups is 1. The van der Waals surface area contributed by atoms with Gasteiger partial charge in [-0.05, 0) is 18.6 Å². The van der Waals surface area contributed by atoms with Crippen molar-refractivity contribution < 1.29 is 4.74 Å². The van der Waals surface area contributed by atoms with Gasteiger partial charge in [-0.25, -0.2) is 0 Å². The summed E-state index contributed by atoms with van der Waals surface area (Å²) in [5.41, 5.74) is 3.70. The van der Waals surface area contributed by atoms with Gasteiger partial charge in [0, 0.05) is 30.7 Å². The van der Waals surface area contributed by atoms with Crippen LogP contribution in [0.2, 0.25) is 0 Å². The van der Waals surface area contributed by atoms with E-state index in [9.17, 15) is 0 Å². The predicted molar refractivity (Wildman–Crippen MR) is 65.6 cm³/mol. The lowest BCUT2D eigenvalue weighted by molar-refractivity contribution is 0.188. The van der Waals surface area contributed by atoms with Crippen LogP contribution < -0.4 is 10.7 Å². The van der Waals surface area contributed by atoms with Crippen LogP contribution >= 0.6 is 0 Å². The van der Waals surface area contributed by atoms with Crippen molar-refractivity contribution in [2.75, 3.05) is 7.11 Å². The first-order chi connectivity index (χ1) is 7.79. The lowest BCUT2D eigenvalue weighted by Crippen LogP contribution is -2.19. The zero-order chi connectivity index (χ0) is 11.1. The molecule has 1 atom stereocenters. The molecule has 1 aromatic rings. The number of methoxy groups -OCH3 is 1. The van der Waals surface area contributed by atoms with E-state index in [1.807, 2.05) is 13.1 Å². The number of nitrogens with one attached hydrogen (secondary N) is 1. The Morgan fingerprint density at radius 3 is 3.19 bits per heavy atom. The predicted octanol–water partition coefficient (Wildman–Crippen LogP) is 0.592. The Morgan fingerprint density at radius 1 is 1.50 bits per heavy atom. The van der Waals surface area contributed by atoms with Crippen molar-refractivity contribution in [1.29, 1.82) is 0 Å². The van der Waals surface area contributed by atoms with Crippen LogP contribution in [-0.4, -0.2) is 24.4 Å². The van der Waals surface area contributed by atoms with E-state index in [4.69, 9.17) is 4.74 Å². The maximum Gasteiger partial charge on any atom is 0.0960 e. The molecule has 3 rings (SSSR count). The van der Waals surface area contributed by atoms with Crippen molar-refractivity contribution in [3.05, 3.63) is 27.9 Å². The standard InChI is InChI=1S/C13H14N2O/c1-8-13-11(5-6-14-8)10-4-3-9(16-2)7-12(10)15-13/h3-4,6-7,9,15H,5H2,1-2H3. The number of aromatic amines is 1. The molecule has 0 spiro atoms. The highest BCUT2D eigenvalue weighted by molar-refractivity contribution is 5.75. The number of aromatic nitrogens is 1. The molecule has 1 N–H and O–H groups in total. The molecule has 1 unspecified atom stereocenters. The average Bonchev–Trinajstić information content (AvgIpc) is 2.68. The summed E-state index contributed by atoms with van der Waals surface area (Å²) in [5, 5.41) is 2.33. The third-order valence-electron chi connectivity index (χ3n) is 3.17. The number of hydrogen-bond acceptors (Lipinski definition) is 2. The van der Waals surface area contributed by atoms with E-state index in [2.05, 4.69) is 28.2 Å². The first kappa shape index (κ1) is 9.60. The molecule has 0 saturated heterocycles. The van der Waals surface area contributed by atoms with Crippen LogP contribution in [0.3, 0.4) is 0 Å². The van der Waals surface area contributed by atoms with E-state index >= 15 is 0 Å². The first-order valence-corrected chi connectivity index (χ1v) is 5.46. The van der Waals surface area contributed by atoms with Crippen molar-refractivity contribution in [3.63, 3.8) is 0 Å². The molecule has 0 aromatic carbocycles. The van der Waals surface area contributed by atoms with Gasteiger partial charge < -0.3 is 9.72 Å². The molecule has 0 saturated carbocycles. The molecule has 0 amide bonds. The van der Waals surface area contributed by atoms with E-state index in [0.29, 0.717) is 0 Å². The van der Waals surface area contributed by atoms with E-state index < -0.39 is 0 Å². The third kappa shape index (κ3) is 1.28. The molecule has 82 valence electrons. The van der Waals surface area contributed by atoms with Crippen LogP contribution in [0.1, 0.15) is 18.1 Å². The van der Waals surface area contributed by atoms with Crippen LogP contribution in [-0.2, 0) is 11.2 Å². The Balaban J connectivity index is 2.30. The quantitative estimate of drug-likeness (QED) is 0.730. The minimum absolute atomic E-state index is 0.0776. The monoisotopic (exact) mass is 214 g/mol. The van der Waals surface area contributed by atoms with Crippen molar-refractivity contribution in [2.24, 2.45) is 4.99 Å². The zero-order valence-electron chi connectivity index (χ0n) is 9.45. The molecule has 0 fully saturated rings. The zero-order valence-corrected chi connectivity index (χ0v) is 9.45. The number of hydrogen-bond donors (Lipinski definition) is 1. The molecule has 1 aromatic heterocycles. The van der Waals surface area contributed by atoms with Gasteiger partial charge in [0.25, 0.3) is 0 Å². The fraction of sp³-hybridized carbons (Fsp3) is 0.308. The Labute approximate surface area is 93.9 Å². The summed E-state index contributed by atoms with van der Waals surface area (Å²) in [7, 11) is 1.72. The smallest absolute Gasteiger partial charge is 0.0960 e. The largest absolute Gasteiger partial charge is 0.373 e. The lowest BCUT2D eigenvalue weighted by atomic mass is 10.0. The number of ether oxygens (including phenoxy) is 1. The molecule has 1 aliphatic heterocycles. The van der Waals surface area contributed by atoms with Crippen molar-refractivity contribution in [3.8, 4) is 0 Å². The summed E-state index contributed by atoms with van der Waals surface area (Å²) in [6.07, 6.45) is 9.30. The SMILES string of the molecule is COC1C=Cc2c3c([nH]c2=C1)=C(C)N=CC3. The third-order valence-corrected chi connectivity index (χ3v) is 3.17. The van der Waals surface area contributed by atoms with Gasteiger partial charge in [0.15, 0.2) is 0 Å². The van der Waals surface area contributed by atoms with Crippen LogP contribution in [0.25, 0.3) is 17.8 Å². The summed E-state index contributed by atoms with van der Waals surface area (Å²) in [5.74, 6) is 0. The molecule has 3 nitrogen and oxygen atoms in total. The fourth-order valence-electron chi connectivity index (χ4n) is 2.31. The van der Waals surface area contributed by atoms with Gasteiger partial charge in [-0.3, -0.25) is 4.99 Å². The van der Waals surface area contributed by atoms with E-state index in [0.717, 1.165) is 17.5 Å². The van der Waals surface area contributed by atoms with Crippen molar-refractivity contribution >= 4 is 24.1 Å². The van der Waals surface area contributed by atoms with Gasteiger partial charge in [0.05, 0.1) is 17.2 Å². The number of rotatable bonds is 1. The van der Waals surface area contributed by atoms with Crippen LogP contribution in [0, 0.1) is 0 Å². The Hall–Kier alpha value is -1.61. The van der Waals surface area contributed by atoms with E-state index in [1.54, 1.807) is 7.11 Å². The van der Waals surface area contributed by atoms with Gasteiger partial charge in [0.2, 0.25) is 0 Å². The highest BCUT2D eigenvalue weighted by atomic mass is 16.5. The van der Waals surface area contributed by atoms with Gasteiger partial charge >= 0.3 is 0 Å². The minimum Gasteiger partial charge on any atom is -0.373 e. The number of H-pyrrole nitrogens is 1. The molecule has 1 aliphatic carbocycles. The molecular weight excluding hydrogens is 200 g/mol. The maximum atomic E-state index is 5.31. The number of nitrogens with zero attached hydrogens (tertiary/aromatic N) is 1. The lowest BCUT2D eigenvalue weighted by Gasteiger charge is -2.09. The second-order valence-electron chi connectivity index (χ2n) is 4.13. The summed E-state index contributed by atoms with van der Waals surface area (Å²) in [6.45, 7) is 2.04. The van der Waals surface area contributed by atoms with Gasteiger partial charge in [-0.1, -0.05) is 12.2 Å². The summed E-state index contributed by atoms with van der Waals surface area (Å²) in [6, 6.07) is 0. The molecule has 0 bridgehead atoms. The Morgan fingerprint density at radius 2 is 2.38 bits per heavy atom. The summed E-state index contributed by atoms with van der Waals surface area (Å²) in [4.78, 5) is 7.78. The van der Waals surface area contributed by atoms with Gasteiger partial charge in [-0.15, -0.1) is 0 Å². The highest BCUT2D eigenvalue weighted by Gasteiger charge is 2.14. The molecule has 16 heavy (non-hydrogen) atoms. The fourth-order valence-corrected chi connectivity index (χ4v) is 2.31. The second-order valence-corrected chi connectivity index (χ2v) is 4.13. The molecular formula is C13H14N2O. The highest BCUT2D eigenvalue weighted by Crippen LogP contribution is 2.12. The molecule has 3 heteroatoms. The minimum atomic E-state index is 0.0776. The normalized spacial score (nSPS) is 21.6. The topological polar surface area (TPSA) is 37.4 Å². The van der Waals surface area contributed by atoms with E-state index in [-0.39, 0.29) is 6.10 Å². The van der Waals surface area contributed by atoms with Gasteiger partial charge in [-0.2, -0.15) is 0 Å². The first-order valence-electron chi connectivity index (χ1n) is 5.46. The average molecular weight is 214 g/mol. The summed E-state index contributed by atoms with van der Waals surface area (Å²) >= 11 is 0. The molecule has 2 aliphatic rings. The second kappa shape index (κ2) is 3.46. The van der Waals surface area contributed by atoms with Gasteiger partial charge in [0.1, 0.15) is 0 Å².